The minimum absolute atomic E-state index is 0.313. The van der Waals surface area contributed by atoms with Crippen LogP contribution in [0.1, 0.15) is 78.1 Å². The van der Waals surface area contributed by atoms with Gasteiger partial charge in [0.05, 0.1) is 10.7 Å². The molecule has 7 nitrogen and oxygen atoms in total. The molecule has 0 aliphatic carbocycles. The second-order valence-electron chi connectivity index (χ2n) is 11.8. The van der Waals surface area contributed by atoms with E-state index >= 15 is 0 Å². The van der Waals surface area contributed by atoms with Gasteiger partial charge in [-0.2, -0.15) is 0 Å². The fourth-order valence-corrected chi connectivity index (χ4v) is 4.46. The average molecular weight is 554 g/mol. The number of anilines is 1. The van der Waals surface area contributed by atoms with Crippen molar-refractivity contribution in [2.24, 2.45) is 5.92 Å². The maximum absolute atomic E-state index is 14.3. The highest BCUT2D eigenvalue weighted by molar-refractivity contribution is 6.34. The lowest BCUT2D eigenvalue weighted by Crippen LogP contribution is -2.59. The predicted molar refractivity (Wildman–Crippen MR) is 157 cm³/mol. The summed E-state index contributed by atoms with van der Waals surface area (Å²) in [6, 6.07) is 10.2. The fraction of sp³-hybridized carbons (Fsp3) is 0.452. The van der Waals surface area contributed by atoms with Gasteiger partial charge < -0.3 is 20.3 Å². The zero-order chi connectivity index (χ0) is 29.7. The highest BCUT2D eigenvalue weighted by Crippen LogP contribution is 2.35. The first-order chi connectivity index (χ1) is 18.0. The lowest BCUT2D eigenvalue weighted by atomic mass is 9.91. The van der Waals surface area contributed by atoms with Crippen molar-refractivity contribution in [3.63, 3.8) is 0 Å². The van der Waals surface area contributed by atoms with E-state index < -0.39 is 41.1 Å². The summed E-state index contributed by atoms with van der Waals surface area (Å²) in [6.45, 7) is 16.2. The third-order valence-corrected chi connectivity index (χ3v) is 6.27. The molecule has 2 N–H and O–H groups in total. The van der Waals surface area contributed by atoms with Crippen LogP contribution in [-0.2, 0) is 14.3 Å². The normalized spacial score (nSPS) is 13.2. The molecule has 2 atom stereocenters. The van der Waals surface area contributed by atoms with Crippen LogP contribution in [0.3, 0.4) is 0 Å². The Morgan fingerprint density at radius 2 is 1.62 bits per heavy atom. The number of carbonyl (C=O) groups is 3. The van der Waals surface area contributed by atoms with Crippen LogP contribution in [0.2, 0.25) is 5.02 Å². The van der Waals surface area contributed by atoms with E-state index in [1.165, 1.54) is 4.90 Å². The number of benzene rings is 2. The summed E-state index contributed by atoms with van der Waals surface area (Å²) in [5.74, 6) is 1.38. The highest BCUT2D eigenvalue weighted by atomic mass is 35.5. The van der Waals surface area contributed by atoms with Gasteiger partial charge in [0.1, 0.15) is 17.7 Å². The van der Waals surface area contributed by atoms with Crippen LogP contribution in [-0.4, -0.2) is 40.0 Å². The molecule has 39 heavy (non-hydrogen) atoms. The first-order valence-electron chi connectivity index (χ1n) is 12.9. The lowest BCUT2D eigenvalue weighted by molar-refractivity contribution is -0.147. The number of amides is 3. The molecular formula is C31H40ClN3O4. The van der Waals surface area contributed by atoms with Gasteiger partial charge in [-0.05, 0) is 77.6 Å². The Labute approximate surface area is 237 Å². The number of nitrogens with zero attached hydrogens (tertiary/aromatic N) is 1. The molecule has 0 aromatic heterocycles. The number of hydrogen-bond donors (Lipinski definition) is 2. The van der Waals surface area contributed by atoms with Gasteiger partial charge in [-0.15, -0.1) is 6.42 Å². The van der Waals surface area contributed by atoms with Crippen molar-refractivity contribution in [3.05, 3.63) is 64.2 Å². The molecule has 0 aliphatic rings. The van der Waals surface area contributed by atoms with Gasteiger partial charge in [0.2, 0.25) is 5.91 Å². The van der Waals surface area contributed by atoms with Crippen molar-refractivity contribution in [3.8, 4) is 12.3 Å². The Balaban J connectivity index is 2.69. The molecule has 0 aliphatic heterocycles. The largest absolute Gasteiger partial charge is 0.444 e. The molecule has 0 saturated carbocycles. The van der Waals surface area contributed by atoms with Crippen LogP contribution in [0.4, 0.5) is 10.5 Å². The number of rotatable bonds is 7. The summed E-state index contributed by atoms with van der Waals surface area (Å²) in [4.78, 5) is 42.7. The number of halogens is 1. The Morgan fingerprint density at radius 3 is 2.13 bits per heavy atom. The van der Waals surface area contributed by atoms with Crippen molar-refractivity contribution in [1.82, 2.24) is 10.2 Å². The second-order valence-corrected chi connectivity index (χ2v) is 12.2. The molecule has 2 unspecified atom stereocenters. The number of nitrogens with one attached hydrogen (secondary N) is 2. The van der Waals surface area contributed by atoms with E-state index in [2.05, 4.69) is 16.6 Å². The van der Waals surface area contributed by atoms with Gasteiger partial charge in [-0.1, -0.05) is 61.7 Å². The first kappa shape index (κ1) is 31.7. The summed E-state index contributed by atoms with van der Waals surface area (Å²) in [5.41, 5.74) is 0.543. The number of terminal acetylenes is 1. The maximum Gasteiger partial charge on any atom is 0.408 e. The summed E-state index contributed by atoms with van der Waals surface area (Å²) < 4.78 is 5.43. The molecule has 0 heterocycles. The van der Waals surface area contributed by atoms with Crippen molar-refractivity contribution >= 4 is 35.2 Å². The molecule has 3 amide bonds. The quantitative estimate of drug-likeness (QED) is 0.384. The smallest absolute Gasteiger partial charge is 0.408 e. The second kappa shape index (κ2) is 12.6. The van der Waals surface area contributed by atoms with Crippen LogP contribution >= 0.6 is 11.6 Å². The van der Waals surface area contributed by atoms with Crippen molar-refractivity contribution in [1.29, 1.82) is 0 Å². The molecule has 0 saturated heterocycles. The zero-order valence-electron chi connectivity index (χ0n) is 24.3. The standard InChI is InChI=1S/C31H40ClN3O4/c1-11-21-16-12-13-17-22(21)26(27(36)33-25-20(4)15-14-18-23(25)32)35(30(5,6)7)28(37)24(19(2)3)34-29(38)39-31(8,9)10/h1,12-19,24,26H,2-10H3,(H,33,36)(H,34,38). The Bertz CT molecular complexity index is 1230. The molecule has 2 rings (SSSR count). The molecule has 2 aromatic rings. The van der Waals surface area contributed by atoms with Crippen molar-refractivity contribution in [2.75, 3.05) is 5.32 Å². The molecular weight excluding hydrogens is 514 g/mol. The van der Waals surface area contributed by atoms with E-state index in [0.717, 1.165) is 5.56 Å². The maximum atomic E-state index is 14.3. The number of ether oxygens (including phenoxy) is 1. The van der Waals surface area contributed by atoms with E-state index in [4.69, 9.17) is 22.8 Å². The van der Waals surface area contributed by atoms with Gasteiger partial charge in [0, 0.05) is 11.1 Å². The summed E-state index contributed by atoms with van der Waals surface area (Å²) in [5, 5.41) is 6.02. The Hall–Kier alpha value is -3.50. The van der Waals surface area contributed by atoms with Gasteiger partial charge in [0.25, 0.3) is 5.91 Å². The summed E-state index contributed by atoms with van der Waals surface area (Å²) in [7, 11) is 0. The monoisotopic (exact) mass is 553 g/mol. The van der Waals surface area contributed by atoms with E-state index in [1.807, 2.05) is 47.6 Å². The van der Waals surface area contributed by atoms with Crippen LogP contribution in [0, 0.1) is 25.2 Å². The van der Waals surface area contributed by atoms with E-state index in [9.17, 15) is 14.4 Å². The molecule has 8 heteroatoms. The Morgan fingerprint density at radius 1 is 1.00 bits per heavy atom. The number of hydrogen-bond acceptors (Lipinski definition) is 4. The van der Waals surface area contributed by atoms with Gasteiger partial charge in [-0.3, -0.25) is 9.59 Å². The minimum atomic E-state index is -1.14. The van der Waals surface area contributed by atoms with Crippen LogP contribution in [0.15, 0.2) is 42.5 Å². The minimum Gasteiger partial charge on any atom is -0.444 e. The first-order valence-corrected chi connectivity index (χ1v) is 13.3. The fourth-order valence-electron chi connectivity index (χ4n) is 4.19. The third-order valence-electron chi connectivity index (χ3n) is 5.95. The number of alkyl carbamates (subject to hydrolysis) is 1. The van der Waals surface area contributed by atoms with Crippen LogP contribution in [0.5, 0.6) is 0 Å². The van der Waals surface area contributed by atoms with Crippen LogP contribution in [0.25, 0.3) is 0 Å². The van der Waals surface area contributed by atoms with E-state index in [1.54, 1.807) is 57.2 Å². The number of para-hydroxylation sites is 1. The number of aryl methyl sites for hydroxylation is 1. The molecule has 0 radical (unpaired) electrons. The van der Waals surface area contributed by atoms with E-state index in [0.29, 0.717) is 21.8 Å². The Kier molecular flexibility index (Phi) is 10.2. The van der Waals surface area contributed by atoms with E-state index in [-0.39, 0.29) is 5.92 Å². The van der Waals surface area contributed by atoms with Gasteiger partial charge in [-0.25, -0.2) is 4.79 Å². The molecule has 2 aromatic carbocycles. The molecule has 210 valence electrons. The zero-order valence-corrected chi connectivity index (χ0v) is 25.1. The average Bonchev–Trinajstić information content (AvgIpc) is 2.80. The molecule has 0 spiro atoms. The van der Waals surface area contributed by atoms with Crippen LogP contribution < -0.4 is 10.6 Å². The van der Waals surface area contributed by atoms with Gasteiger partial charge in [0.15, 0.2) is 0 Å². The third kappa shape index (κ3) is 8.24. The number of carbonyl (C=O) groups excluding carboxylic acids is 3. The van der Waals surface area contributed by atoms with Crippen molar-refractivity contribution < 1.29 is 19.1 Å². The summed E-state index contributed by atoms with van der Waals surface area (Å²) in [6.07, 6.45) is 5.11. The lowest BCUT2D eigenvalue weighted by Gasteiger charge is -2.44. The SMILES string of the molecule is C#Cc1ccccc1C(C(=O)Nc1c(C)cccc1Cl)N(C(=O)C(NC(=O)OC(C)(C)C)C(C)C)C(C)(C)C. The predicted octanol–water partition coefficient (Wildman–Crippen LogP) is 6.49. The van der Waals surface area contributed by atoms with Gasteiger partial charge >= 0.3 is 6.09 Å². The topological polar surface area (TPSA) is 87.7 Å². The highest BCUT2D eigenvalue weighted by Gasteiger charge is 2.43. The van der Waals surface area contributed by atoms with Crippen molar-refractivity contribution in [2.45, 2.75) is 85.5 Å². The molecule has 0 fully saturated rings. The molecule has 0 bridgehead atoms. The summed E-state index contributed by atoms with van der Waals surface area (Å²) >= 11 is 6.43.